The van der Waals surface area contributed by atoms with Gasteiger partial charge in [-0.15, -0.1) is 0 Å². The molecule has 4 atom stereocenters. The average Bonchev–Trinajstić information content (AvgIpc) is 2.62. The van der Waals surface area contributed by atoms with E-state index in [9.17, 15) is 0 Å². The number of pyridine rings is 1. The zero-order valence-electron chi connectivity index (χ0n) is 14.1. The summed E-state index contributed by atoms with van der Waals surface area (Å²) in [5.41, 5.74) is 6.17. The minimum atomic E-state index is 0.481. The Bertz CT molecular complexity index is 497. The topological polar surface area (TPSA) is 45.4 Å². The smallest absolute Gasteiger partial charge is 0.128 e. The van der Waals surface area contributed by atoms with Gasteiger partial charge in [0.25, 0.3) is 0 Å². The highest BCUT2D eigenvalue weighted by Crippen LogP contribution is 2.41. The SMILES string of the molecule is NC1CC[C@H]2C[C@@H](N3CCN(c4ccccn4)CC3)CC[C@@H]2C1. The molecule has 3 aliphatic rings. The maximum absolute atomic E-state index is 6.17. The standard InChI is InChI=1S/C19H30N4/c20-17-6-4-16-14-18(7-5-15(16)13-17)22-9-11-23(12-10-22)19-3-1-2-8-21-19/h1-3,8,15-18H,4-7,9-14,20H2/t15-,16+,17?,18+/m1/s1. The predicted octanol–water partition coefficient (Wildman–Crippen LogP) is 2.50. The molecule has 1 aliphatic heterocycles. The van der Waals surface area contributed by atoms with Gasteiger partial charge < -0.3 is 10.6 Å². The Kier molecular flexibility index (Phi) is 4.54. The van der Waals surface area contributed by atoms with Gasteiger partial charge in [0.1, 0.15) is 5.82 Å². The maximum atomic E-state index is 6.17. The van der Waals surface area contributed by atoms with Crippen molar-refractivity contribution in [1.29, 1.82) is 0 Å². The molecule has 1 saturated heterocycles. The van der Waals surface area contributed by atoms with Crippen molar-refractivity contribution >= 4 is 5.82 Å². The molecule has 1 aromatic rings. The van der Waals surface area contributed by atoms with Crippen LogP contribution in [-0.4, -0.2) is 48.1 Å². The molecule has 0 amide bonds. The summed E-state index contributed by atoms with van der Waals surface area (Å²) >= 11 is 0. The monoisotopic (exact) mass is 314 g/mol. The lowest BCUT2D eigenvalue weighted by Gasteiger charge is -2.47. The highest BCUT2D eigenvalue weighted by Gasteiger charge is 2.37. The summed E-state index contributed by atoms with van der Waals surface area (Å²) in [6.07, 6.45) is 10.0. The van der Waals surface area contributed by atoms with Gasteiger partial charge >= 0.3 is 0 Å². The Morgan fingerprint density at radius 1 is 0.913 bits per heavy atom. The summed E-state index contributed by atoms with van der Waals surface area (Å²) in [6, 6.07) is 7.51. The second-order valence-corrected chi connectivity index (χ2v) is 7.77. The van der Waals surface area contributed by atoms with E-state index < -0.39 is 0 Å². The lowest BCUT2D eigenvalue weighted by molar-refractivity contribution is 0.0656. The molecular formula is C19H30N4. The molecule has 0 radical (unpaired) electrons. The summed E-state index contributed by atoms with van der Waals surface area (Å²) in [6.45, 7) is 4.62. The molecule has 2 saturated carbocycles. The van der Waals surface area contributed by atoms with E-state index in [1.165, 1.54) is 51.6 Å². The normalized spacial score (nSPS) is 35.8. The molecule has 4 rings (SSSR count). The first-order valence-corrected chi connectivity index (χ1v) is 9.45. The molecule has 4 heteroatoms. The maximum Gasteiger partial charge on any atom is 0.128 e. The van der Waals surface area contributed by atoms with Gasteiger partial charge in [-0.25, -0.2) is 4.98 Å². The molecule has 4 nitrogen and oxygen atoms in total. The first-order valence-electron chi connectivity index (χ1n) is 9.45. The lowest BCUT2D eigenvalue weighted by atomic mass is 9.68. The van der Waals surface area contributed by atoms with Crippen LogP contribution in [0.2, 0.25) is 0 Å². The largest absolute Gasteiger partial charge is 0.354 e. The summed E-state index contributed by atoms with van der Waals surface area (Å²) in [5, 5.41) is 0. The second-order valence-electron chi connectivity index (χ2n) is 7.77. The van der Waals surface area contributed by atoms with Crippen LogP contribution in [0.25, 0.3) is 0 Å². The minimum absolute atomic E-state index is 0.481. The van der Waals surface area contributed by atoms with Gasteiger partial charge in [0.2, 0.25) is 0 Å². The minimum Gasteiger partial charge on any atom is -0.354 e. The number of hydrogen-bond acceptors (Lipinski definition) is 4. The highest BCUT2D eigenvalue weighted by molar-refractivity contribution is 5.38. The van der Waals surface area contributed by atoms with Gasteiger partial charge in [-0.1, -0.05) is 6.07 Å². The number of nitrogens with two attached hydrogens (primary N) is 1. The van der Waals surface area contributed by atoms with Gasteiger partial charge in [0.15, 0.2) is 0 Å². The second kappa shape index (κ2) is 6.78. The number of fused-ring (bicyclic) bond motifs is 1. The van der Waals surface area contributed by atoms with E-state index in [2.05, 4.69) is 26.9 Å². The third-order valence-electron chi connectivity index (χ3n) is 6.43. The van der Waals surface area contributed by atoms with Crippen molar-refractivity contribution in [3.63, 3.8) is 0 Å². The molecule has 2 heterocycles. The van der Waals surface area contributed by atoms with E-state index >= 15 is 0 Å². The van der Waals surface area contributed by atoms with Gasteiger partial charge in [-0.3, -0.25) is 4.90 Å². The van der Waals surface area contributed by atoms with Crippen molar-refractivity contribution < 1.29 is 0 Å². The molecule has 126 valence electrons. The Hall–Kier alpha value is -1.13. The van der Waals surface area contributed by atoms with Gasteiger partial charge in [-0.05, 0) is 62.5 Å². The number of anilines is 1. The highest BCUT2D eigenvalue weighted by atomic mass is 15.3. The van der Waals surface area contributed by atoms with Crippen LogP contribution < -0.4 is 10.6 Å². The molecule has 3 fully saturated rings. The van der Waals surface area contributed by atoms with Crippen LogP contribution >= 0.6 is 0 Å². The fraction of sp³-hybridized carbons (Fsp3) is 0.737. The zero-order chi connectivity index (χ0) is 15.6. The molecule has 23 heavy (non-hydrogen) atoms. The van der Waals surface area contributed by atoms with Gasteiger partial charge in [-0.2, -0.15) is 0 Å². The van der Waals surface area contributed by atoms with E-state index in [4.69, 9.17) is 5.73 Å². The summed E-state index contributed by atoms with van der Waals surface area (Å²) in [4.78, 5) is 9.68. The van der Waals surface area contributed by atoms with Gasteiger partial charge in [0.05, 0.1) is 0 Å². The molecule has 2 N–H and O–H groups in total. The fourth-order valence-electron chi connectivity index (χ4n) is 5.09. The van der Waals surface area contributed by atoms with E-state index in [0.29, 0.717) is 6.04 Å². The van der Waals surface area contributed by atoms with Crippen LogP contribution in [0.15, 0.2) is 24.4 Å². The summed E-state index contributed by atoms with van der Waals surface area (Å²) in [7, 11) is 0. The van der Waals surface area contributed by atoms with E-state index in [1.807, 2.05) is 12.3 Å². The van der Waals surface area contributed by atoms with Crippen molar-refractivity contribution in [2.24, 2.45) is 17.6 Å². The number of nitrogens with zero attached hydrogens (tertiary/aromatic N) is 3. The Morgan fingerprint density at radius 3 is 2.48 bits per heavy atom. The Balaban J connectivity index is 1.31. The van der Waals surface area contributed by atoms with Crippen LogP contribution in [0, 0.1) is 11.8 Å². The van der Waals surface area contributed by atoms with Crippen molar-refractivity contribution in [1.82, 2.24) is 9.88 Å². The van der Waals surface area contributed by atoms with E-state index in [0.717, 1.165) is 36.8 Å². The third-order valence-corrected chi connectivity index (χ3v) is 6.43. The Morgan fingerprint density at radius 2 is 1.70 bits per heavy atom. The van der Waals surface area contributed by atoms with E-state index in [1.54, 1.807) is 0 Å². The molecule has 0 aromatic carbocycles. The van der Waals surface area contributed by atoms with Gasteiger partial charge in [0, 0.05) is 44.5 Å². The molecule has 1 unspecified atom stereocenters. The number of aromatic nitrogens is 1. The van der Waals surface area contributed by atoms with Crippen molar-refractivity contribution in [3.8, 4) is 0 Å². The van der Waals surface area contributed by atoms with Crippen LogP contribution in [0.5, 0.6) is 0 Å². The number of piperazine rings is 1. The predicted molar refractivity (Wildman–Crippen MR) is 94.5 cm³/mol. The number of hydrogen-bond donors (Lipinski definition) is 1. The first-order chi connectivity index (χ1) is 11.3. The molecule has 0 bridgehead atoms. The van der Waals surface area contributed by atoms with Crippen molar-refractivity contribution in [2.45, 2.75) is 50.6 Å². The zero-order valence-corrected chi connectivity index (χ0v) is 14.1. The first kappa shape index (κ1) is 15.4. The van der Waals surface area contributed by atoms with Crippen molar-refractivity contribution in [3.05, 3.63) is 24.4 Å². The summed E-state index contributed by atoms with van der Waals surface area (Å²) < 4.78 is 0. The number of rotatable bonds is 2. The van der Waals surface area contributed by atoms with Crippen LogP contribution in [0.1, 0.15) is 38.5 Å². The van der Waals surface area contributed by atoms with Crippen LogP contribution in [-0.2, 0) is 0 Å². The van der Waals surface area contributed by atoms with Crippen LogP contribution in [0.4, 0.5) is 5.82 Å². The molecule has 2 aliphatic carbocycles. The molecule has 0 spiro atoms. The summed E-state index contributed by atoms with van der Waals surface area (Å²) in [5.74, 6) is 3.00. The quantitative estimate of drug-likeness (QED) is 0.911. The third kappa shape index (κ3) is 3.38. The molecular weight excluding hydrogens is 284 g/mol. The lowest BCUT2D eigenvalue weighted by Crippen LogP contribution is -2.52. The average molecular weight is 314 g/mol. The van der Waals surface area contributed by atoms with Crippen LogP contribution in [0.3, 0.4) is 0 Å². The Labute approximate surface area is 140 Å². The fourth-order valence-corrected chi connectivity index (χ4v) is 5.09. The molecule has 1 aromatic heterocycles. The van der Waals surface area contributed by atoms with E-state index in [-0.39, 0.29) is 0 Å². The van der Waals surface area contributed by atoms with Crippen molar-refractivity contribution in [2.75, 3.05) is 31.1 Å².